The zero-order valence-electron chi connectivity index (χ0n) is 11.9. The number of likely N-dealkylation sites (tertiary alicyclic amines) is 1. The number of aromatic hydroxyl groups is 1. The minimum atomic E-state index is 0.395. The van der Waals surface area contributed by atoms with Crippen LogP contribution in [0.2, 0.25) is 0 Å². The molecule has 108 valence electrons. The van der Waals surface area contributed by atoms with E-state index >= 15 is 0 Å². The van der Waals surface area contributed by atoms with E-state index in [1.54, 1.807) is 5.54 Å². The quantitative estimate of drug-likeness (QED) is 0.894. The maximum absolute atomic E-state index is 9.74. The Kier molecular flexibility index (Phi) is 4.04. The van der Waals surface area contributed by atoms with Gasteiger partial charge in [-0.3, -0.25) is 4.90 Å². The van der Waals surface area contributed by atoms with E-state index in [9.17, 15) is 5.11 Å². The summed E-state index contributed by atoms with van der Waals surface area (Å²) in [7, 11) is 0. The van der Waals surface area contributed by atoms with E-state index < -0.39 is 0 Å². The molecule has 0 spiro atoms. The molecule has 1 heterocycles. The van der Waals surface area contributed by atoms with Crippen LogP contribution in [0.3, 0.4) is 0 Å². The lowest BCUT2D eigenvalue weighted by Gasteiger charge is -2.47. The molecule has 1 aromatic rings. The van der Waals surface area contributed by atoms with Crippen molar-refractivity contribution in [2.45, 2.75) is 38.1 Å². The second-order valence-corrected chi connectivity index (χ2v) is 6.36. The average molecular weight is 292 g/mol. The van der Waals surface area contributed by atoms with Crippen LogP contribution in [0.4, 0.5) is 0 Å². The Balaban J connectivity index is 1.90. The van der Waals surface area contributed by atoms with Gasteiger partial charge in [-0.1, -0.05) is 30.7 Å². The van der Waals surface area contributed by atoms with Crippen LogP contribution >= 0.6 is 11.6 Å². The van der Waals surface area contributed by atoms with Crippen LogP contribution in [-0.4, -0.2) is 29.1 Å². The van der Waals surface area contributed by atoms with Crippen LogP contribution < -0.4 is 0 Å². The lowest BCUT2D eigenvalue weighted by Crippen LogP contribution is -2.50. The van der Waals surface area contributed by atoms with E-state index in [2.05, 4.69) is 17.9 Å². The van der Waals surface area contributed by atoms with Crippen molar-refractivity contribution in [3.63, 3.8) is 0 Å². The van der Waals surface area contributed by atoms with Crippen LogP contribution in [0.1, 0.15) is 36.8 Å². The summed E-state index contributed by atoms with van der Waals surface area (Å²) in [4.78, 5) is 2.57. The van der Waals surface area contributed by atoms with E-state index in [-0.39, 0.29) is 0 Å². The second kappa shape index (κ2) is 5.79. The van der Waals surface area contributed by atoms with Crippen LogP contribution in [0.25, 0.3) is 0 Å². The molecule has 0 bridgehead atoms. The summed E-state index contributed by atoms with van der Waals surface area (Å²) < 4.78 is 0. The monoisotopic (exact) mass is 291 g/mol. The molecular formula is C17H22ClNO. The molecule has 1 aliphatic heterocycles. The van der Waals surface area contributed by atoms with Gasteiger partial charge in [0.25, 0.3) is 0 Å². The van der Waals surface area contributed by atoms with Gasteiger partial charge in [-0.25, -0.2) is 0 Å². The molecule has 0 amide bonds. The van der Waals surface area contributed by atoms with E-state index in [4.69, 9.17) is 11.6 Å². The lowest BCUT2D eigenvalue weighted by molar-refractivity contribution is 0.0829. The molecule has 3 rings (SSSR count). The van der Waals surface area contributed by atoms with E-state index in [1.807, 2.05) is 18.2 Å². The number of halogens is 1. The topological polar surface area (TPSA) is 23.5 Å². The van der Waals surface area contributed by atoms with Crippen LogP contribution in [0.5, 0.6) is 5.75 Å². The van der Waals surface area contributed by atoms with Gasteiger partial charge in [0.2, 0.25) is 0 Å². The van der Waals surface area contributed by atoms with Gasteiger partial charge in [0, 0.05) is 18.1 Å². The second-order valence-electron chi connectivity index (χ2n) is 6.11. The highest BCUT2D eigenvalue weighted by Crippen LogP contribution is 2.43. The molecular weight excluding hydrogens is 270 g/mol. The summed E-state index contributed by atoms with van der Waals surface area (Å²) in [5, 5.41) is 9.74. The molecule has 1 aliphatic carbocycles. The molecule has 1 aromatic carbocycles. The maximum Gasteiger partial charge on any atom is 0.115 e. The molecule has 1 fully saturated rings. The highest BCUT2D eigenvalue weighted by atomic mass is 35.5. The van der Waals surface area contributed by atoms with Crippen molar-refractivity contribution in [2.24, 2.45) is 5.92 Å². The third kappa shape index (κ3) is 2.47. The summed E-state index contributed by atoms with van der Waals surface area (Å²) in [6, 6.07) is 6.50. The third-order valence-corrected chi connectivity index (χ3v) is 5.24. The maximum atomic E-state index is 9.74. The van der Waals surface area contributed by atoms with Gasteiger partial charge in [0.1, 0.15) is 5.75 Å². The Morgan fingerprint density at radius 1 is 1.45 bits per heavy atom. The summed E-state index contributed by atoms with van der Waals surface area (Å²) >= 11 is 5.69. The zero-order chi connectivity index (χ0) is 14.1. The van der Waals surface area contributed by atoms with Crippen LogP contribution in [-0.2, 0) is 6.42 Å². The fourth-order valence-corrected chi connectivity index (χ4v) is 4.15. The van der Waals surface area contributed by atoms with Gasteiger partial charge in [0.15, 0.2) is 0 Å². The summed E-state index contributed by atoms with van der Waals surface area (Å²) in [5.74, 6) is 1.62. The Hall–Kier alpha value is -0.990. The number of hydrogen-bond donors (Lipinski definition) is 1. The largest absolute Gasteiger partial charge is 0.508 e. The normalized spacial score (nSPS) is 30.2. The predicted molar refractivity (Wildman–Crippen MR) is 83.3 cm³/mol. The Bertz CT molecular complexity index is 514. The fraction of sp³-hybridized carbons (Fsp3) is 0.529. The van der Waals surface area contributed by atoms with Gasteiger partial charge >= 0.3 is 0 Å². The first-order valence-electron chi connectivity index (χ1n) is 7.51. The number of phenolic OH excluding ortho intramolecular Hbond substituents is 1. The molecule has 0 aromatic heterocycles. The van der Waals surface area contributed by atoms with Crippen molar-refractivity contribution in [2.75, 3.05) is 13.1 Å². The molecule has 1 saturated heterocycles. The lowest BCUT2D eigenvalue weighted by atomic mass is 9.69. The Labute approximate surface area is 126 Å². The van der Waals surface area contributed by atoms with Crippen molar-refractivity contribution in [3.05, 3.63) is 40.9 Å². The summed E-state index contributed by atoms with van der Waals surface area (Å²) in [6.45, 7) is 4.43. The SMILES string of the molecule is C[C@@H]1c2cc(O)ccc2CC2C1CCCN2CC=CCl. The van der Waals surface area contributed by atoms with Crippen molar-refractivity contribution in [3.8, 4) is 5.75 Å². The minimum absolute atomic E-state index is 0.395. The number of phenols is 1. The number of fused-ring (bicyclic) bond motifs is 2. The Morgan fingerprint density at radius 2 is 2.30 bits per heavy atom. The molecule has 0 radical (unpaired) electrons. The first-order valence-corrected chi connectivity index (χ1v) is 7.95. The van der Waals surface area contributed by atoms with E-state index in [1.165, 1.54) is 30.5 Å². The minimum Gasteiger partial charge on any atom is -0.508 e. The number of hydrogen-bond acceptors (Lipinski definition) is 2. The molecule has 0 saturated carbocycles. The molecule has 3 atom stereocenters. The van der Waals surface area contributed by atoms with Gasteiger partial charge in [-0.2, -0.15) is 0 Å². The number of rotatable bonds is 2. The summed E-state index contributed by atoms with van der Waals surface area (Å²) in [5.41, 5.74) is 4.38. The zero-order valence-corrected chi connectivity index (χ0v) is 12.7. The predicted octanol–water partition coefficient (Wildman–Crippen LogP) is 3.88. The molecule has 2 nitrogen and oxygen atoms in total. The van der Waals surface area contributed by atoms with Crippen molar-refractivity contribution in [1.82, 2.24) is 4.90 Å². The summed E-state index contributed by atoms with van der Waals surface area (Å²) in [6.07, 6.45) is 5.69. The van der Waals surface area contributed by atoms with Gasteiger partial charge < -0.3 is 5.11 Å². The average Bonchev–Trinajstić information content (AvgIpc) is 2.46. The van der Waals surface area contributed by atoms with E-state index in [0.717, 1.165) is 13.0 Å². The number of nitrogens with zero attached hydrogens (tertiary/aromatic N) is 1. The first-order chi connectivity index (χ1) is 9.70. The smallest absolute Gasteiger partial charge is 0.115 e. The highest BCUT2D eigenvalue weighted by Gasteiger charge is 2.39. The van der Waals surface area contributed by atoms with Gasteiger partial charge in [-0.15, -0.1) is 0 Å². The Morgan fingerprint density at radius 3 is 3.10 bits per heavy atom. The third-order valence-electron chi connectivity index (χ3n) is 5.07. The highest BCUT2D eigenvalue weighted by molar-refractivity contribution is 6.25. The molecule has 20 heavy (non-hydrogen) atoms. The molecule has 3 heteroatoms. The van der Waals surface area contributed by atoms with Crippen molar-refractivity contribution < 1.29 is 5.11 Å². The van der Waals surface area contributed by atoms with Crippen LogP contribution in [0, 0.1) is 5.92 Å². The van der Waals surface area contributed by atoms with Gasteiger partial charge in [-0.05, 0) is 60.9 Å². The molecule has 2 aliphatic rings. The fourth-order valence-electron chi connectivity index (χ4n) is 4.07. The van der Waals surface area contributed by atoms with Crippen molar-refractivity contribution in [1.29, 1.82) is 0 Å². The standard InChI is InChI=1S/C17H22ClNO/c1-12-15-4-2-8-19(9-3-7-18)17(15)10-13-5-6-14(20)11-16(12)13/h3,5-7,11-12,15,17,20H,2,4,8-10H2,1H3/t12-,15?,17?/m0/s1. The van der Waals surface area contributed by atoms with Gasteiger partial charge in [0.05, 0.1) is 0 Å². The number of benzene rings is 1. The van der Waals surface area contributed by atoms with E-state index in [0.29, 0.717) is 23.6 Å². The molecule has 1 N–H and O–H groups in total. The number of piperidine rings is 1. The first kappa shape index (κ1) is 14.0. The van der Waals surface area contributed by atoms with Crippen LogP contribution in [0.15, 0.2) is 29.8 Å². The van der Waals surface area contributed by atoms with Crippen molar-refractivity contribution >= 4 is 11.6 Å². The molecule has 2 unspecified atom stereocenters.